The van der Waals surface area contributed by atoms with E-state index in [9.17, 15) is 26.3 Å². The highest BCUT2D eigenvalue weighted by Gasteiger charge is 2.58. The third-order valence-electron chi connectivity index (χ3n) is 6.95. The lowest BCUT2D eigenvalue weighted by Gasteiger charge is -2.38. The first-order valence-corrected chi connectivity index (χ1v) is 10.8. The molecule has 36 heavy (non-hydrogen) atoms. The van der Waals surface area contributed by atoms with Crippen LogP contribution in [0.25, 0.3) is 0 Å². The predicted octanol–water partition coefficient (Wildman–Crippen LogP) is 4.14. The van der Waals surface area contributed by atoms with E-state index in [0.717, 1.165) is 0 Å². The Balaban J connectivity index is 2.38. The van der Waals surface area contributed by atoms with Crippen molar-refractivity contribution in [1.29, 1.82) is 0 Å². The van der Waals surface area contributed by atoms with Gasteiger partial charge < -0.3 is 0 Å². The van der Waals surface area contributed by atoms with Gasteiger partial charge in [0.15, 0.2) is 41.0 Å². The molecule has 0 fully saturated rings. The summed E-state index contributed by atoms with van der Waals surface area (Å²) in [5, 5.41) is 0. The molecule has 1 aromatic heterocycles. The molecule has 4 rings (SSSR count). The summed E-state index contributed by atoms with van der Waals surface area (Å²) in [4.78, 5) is 0. The zero-order chi connectivity index (χ0) is 27.3. The molecule has 3 aromatic rings. The summed E-state index contributed by atoms with van der Waals surface area (Å²) in [6.07, 6.45) is -2.10. The molecule has 2 aromatic carbocycles. The number of nitrogens with zero attached hydrogens (tertiary/aromatic N) is 2. The minimum Gasteiger partial charge on any atom is -0.268 e. The van der Waals surface area contributed by atoms with Gasteiger partial charge in [-0.2, -0.15) is 0 Å². The van der Waals surface area contributed by atoms with Gasteiger partial charge in [0.1, 0.15) is 35.7 Å². The quantitative estimate of drug-likeness (QED) is 0.157. The van der Waals surface area contributed by atoms with Crippen LogP contribution in [0.15, 0.2) is 12.4 Å². The molecule has 0 spiro atoms. The van der Waals surface area contributed by atoms with Crippen LogP contribution in [0.5, 0.6) is 0 Å². The number of fused-ring (bicyclic) bond motifs is 1. The van der Waals surface area contributed by atoms with Crippen molar-refractivity contribution in [3.8, 4) is 0 Å². The fourth-order valence-corrected chi connectivity index (χ4v) is 5.61. The summed E-state index contributed by atoms with van der Waals surface area (Å²) in [7, 11) is 0. The van der Waals surface area contributed by atoms with Crippen molar-refractivity contribution in [2.75, 3.05) is 0 Å². The first kappa shape index (κ1) is 26.1. The molecule has 194 valence electrons. The van der Waals surface area contributed by atoms with Crippen molar-refractivity contribution in [2.45, 2.75) is 52.0 Å². The van der Waals surface area contributed by atoms with Crippen LogP contribution in [0.1, 0.15) is 34.6 Å². The number of hydrogen-bond acceptors (Lipinski definition) is 0. The largest absolute Gasteiger partial charge is 0.268 e. The van der Waals surface area contributed by atoms with Gasteiger partial charge in [0.2, 0.25) is 0 Å². The Hall–Kier alpha value is -2.99. The third kappa shape index (κ3) is 3.16. The molecule has 0 N–H and O–H groups in total. The molecule has 1 aliphatic rings. The second-order valence-electron chi connectivity index (χ2n) is 10.6. The molecule has 0 amide bonds. The Morgan fingerprint density at radius 1 is 0.667 bits per heavy atom. The van der Waals surface area contributed by atoms with Gasteiger partial charge in [0, 0.05) is 0 Å². The van der Waals surface area contributed by atoms with Crippen LogP contribution in [-0.2, 0) is 11.1 Å². The van der Waals surface area contributed by atoms with Crippen LogP contribution in [0, 0.1) is 58.2 Å². The number of rotatable bonds is 2. The van der Waals surface area contributed by atoms with E-state index in [1.54, 1.807) is 20.8 Å². The average molecular weight is 524 g/mol. The van der Waals surface area contributed by atoms with E-state index in [0.29, 0.717) is 0 Å². The number of imidazole rings is 1. The normalized spacial score (nSPS) is 16.5. The SMILES string of the molecule is CC(C)(C)n1cc[n+]2c1[B-](c1c(F)c(F)c(F)c(F)c1F)(c1c(F)c(F)c(F)c(F)c1F)CC2(C)C. The smallest absolute Gasteiger partial charge is 0.200 e. The van der Waals surface area contributed by atoms with Gasteiger partial charge in [-0.3, -0.25) is 9.13 Å². The Morgan fingerprint density at radius 2 is 1.00 bits per heavy atom. The molecule has 13 heteroatoms. The van der Waals surface area contributed by atoms with Crippen LogP contribution in [0.3, 0.4) is 0 Å². The van der Waals surface area contributed by atoms with Gasteiger partial charge in [0.05, 0.1) is 16.8 Å². The van der Waals surface area contributed by atoms with Crippen LogP contribution < -0.4 is 21.2 Å². The molecule has 0 saturated carbocycles. The second-order valence-corrected chi connectivity index (χ2v) is 10.6. The lowest BCUT2D eigenvalue weighted by Crippen LogP contribution is -2.75. The van der Waals surface area contributed by atoms with Crippen LogP contribution >= 0.6 is 0 Å². The van der Waals surface area contributed by atoms with E-state index < -0.39 is 92.6 Å². The third-order valence-corrected chi connectivity index (χ3v) is 6.95. The van der Waals surface area contributed by atoms with Gasteiger partial charge in [0.25, 0.3) is 0 Å². The van der Waals surface area contributed by atoms with Gasteiger partial charge in [-0.15, -0.1) is 17.2 Å². The van der Waals surface area contributed by atoms with Crippen molar-refractivity contribution < 1.29 is 48.5 Å². The van der Waals surface area contributed by atoms with Gasteiger partial charge in [-0.05, 0) is 34.6 Å². The second kappa shape index (κ2) is 7.76. The Labute approximate surface area is 199 Å². The number of aromatic nitrogens is 2. The lowest BCUT2D eigenvalue weighted by molar-refractivity contribution is -0.732. The first-order valence-electron chi connectivity index (χ1n) is 10.8. The van der Waals surface area contributed by atoms with Crippen molar-refractivity contribution in [3.63, 3.8) is 0 Å². The molecule has 0 bridgehead atoms. The van der Waals surface area contributed by atoms with Gasteiger partial charge >= 0.3 is 0 Å². The summed E-state index contributed by atoms with van der Waals surface area (Å²) < 4.78 is 150. The van der Waals surface area contributed by atoms with E-state index >= 15 is 17.6 Å². The molecule has 0 aliphatic carbocycles. The monoisotopic (exact) mass is 524 g/mol. The molecular weight excluding hydrogens is 505 g/mol. The standard InChI is InChI=1S/C23H19BF10N2/c1-22(2,3)35-6-7-36-21(35)24(8-23(36,4)5,9-11(25)15(29)19(33)16(30)12(9)26)10-13(27)17(31)20(34)18(32)14(10)28/h6-7H,8H2,1-5H3. The topological polar surface area (TPSA) is 8.81 Å². The summed E-state index contributed by atoms with van der Waals surface area (Å²) in [6, 6.07) is 0. The van der Waals surface area contributed by atoms with Crippen molar-refractivity contribution in [3.05, 3.63) is 70.6 Å². The molecule has 2 nitrogen and oxygen atoms in total. The van der Waals surface area contributed by atoms with Crippen molar-refractivity contribution >= 4 is 22.8 Å². The Kier molecular flexibility index (Phi) is 5.62. The first-order chi connectivity index (χ1) is 16.4. The van der Waals surface area contributed by atoms with E-state index in [4.69, 9.17) is 0 Å². The minimum atomic E-state index is -4.04. The van der Waals surface area contributed by atoms with Crippen molar-refractivity contribution in [2.24, 2.45) is 0 Å². The molecule has 1 aliphatic heterocycles. The highest BCUT2D eigenvalue weighted by Crippen LogP contribution is 2.34. The number of benzene rings is 2. The zero-order valence-corrected chi connectivity index (χ0v) is 19.6. The van der Waals surface area contributed by atoms with E-state index in [-0.39, 0.29) is 5.72 Å². The number of halogens is 10. The molecule has 0 saturated heterocycles. The Bertz CT molecular complexity index is 1310. The maximum absolute atomic E-state index is 15.4. The fourth-order valence-electron chi connectivity index (χ4n) is 5.61. The zero-order valence-electron chi connectivity index (χ0n) is 19.6. The van der Waals surface area contributed by atoms with Crippen LogP contribution in [-0.4, -0.2) is 10.7 Å². The van der Waals surface area contributed by atoms with E-state index in [1.807, 2.05) is 0 Å². The summed E-state index contributed by atoms with van der Waals surface area (Å²) in [5.74, 6) is -24.5. The van der Waals surface area contributed by atoms with E-state index in [2.05, 4.69) is 0 Å². The number of hydrogen-bond donors (Lipinski definition) is 0. The lowest BCUT2D eigenvalue weighted by atomic mass is 9.16. The predicted molar refractivity (Wildman–Crippen MR) is 111 cm³/mol. The van der Waals surface area contributed by atoms with Gasteiger partial charge in [-0.25, -0.2) is 43.9 Å². The summed E-state index contributed by atoms with van der Waals surface area (Å²) in [6.45, 7) is 7.57. The van der Waals surface area contributed by atoms with Crippen LogP contribution in [0.4, 0.5) is 43.9 Å². The van der Waals surface area contributed by atoms with E-state index in [1.165, 1.54) is 35.4 Å². The van der Waals surface area contributed by atoms with Gasteiger partial charge in [-0.1, -0.05) is 0 Å². The summed E-state index contributed by atoms with van der Waals surface area (Å²) in [5.41, 5.74) is -6.07. The maximum atomic E-state index is 15.4. The highest BCUT2D eigenvalue weighted by atomic mass is 19.2. The molecular formula is C23H19BF10N2. The maximum Gasteiger partial charge on any atom is 0.200 e. The van der Waals surface area contributed by atoms with Crippen LogP contribution in [0.2, 0.25) is 6.32 Å². The molecule has 0 atom stereocenters. The average Bonchev–Trinajstić information content (AvgIpc) is 3.34. The Morgan fingerprint density at radius 3 is 1.33 bits per heavy atom. The molecule has 0 radical (unpaired) electrons. The fraction of sp³-hybridized carbons (Fsp3) is 0.348. The highest BCUT2D eigenvalue weighted by molar-refractivity contribution is 7.11. The van der Waals surface area contributed by atoms with Crippen molar-refractivity contribution in [1.82, 2.24) is 4.57 Å². The molecule has 0 unspecified atom stereocenters. The molecule has 2 heterocycles. The summed E-state index contributed by atoms with van der Waals surface area (Å²) >= 11 is 0. The minimum absolute atomic E-state index is 0.376.